The molecule has 0 radical (unpaired) electrons. The summed E-state index contributed by atoms with van der Waals surface area (Å²) in [6, 6.07) is 6.61. The van der Waals surface area contributed by atoms with E-state index in [0.29, 0.717) is 23.6 Å². The molecule has 2 rings (SSSR count). The monoisotopic (exact) mass is 333 g/mol. The van der Waals surface area contributed by atoms with E-state index < -0.39 is 11.9 Å². The third kappa shape index (κ3) is 5.08. The molecule has 0 atom stereocenters. The molecular weight excluding hydrogens is 314 g/mol. The second-order valence-electron chi connectivity index (χ2n) is 4.93. The van der Waals surface area contributed by atoms with Crippen molar-refractivity contribution in [2.75, 3.05) is 13.7 Å². The molecule has 1 aromatic carbocycles. The topological polar surface area (TPSA) is 104 Å². The Bertz CT molecular complexity index is 699. The predicted molar refractivity (Wildman–Crippen MR) is 83.4 cm³/mol. The molecule has 0 unspecified atom stereocenters. The van der Waals surface area contributed by atoms with Gasteiger partial charge in [-0.25, -0.2) is 0 Å². The first-order chi connectivity index (χ1) is 11.6. The van der Waals surface area contributed by atoms with E-state index in [0.717, 1.165) is 6.42 Å². The average Bonchev–Trinajstić information content (AvgIpc) is 3.05. The Kier molecular flexibility index (Phi) is 6.30. The lowest BCUT2D eigenvalue weighted by molar-refractivity contribution is -0.144. The normalized spacial score (nSPS) is 10.2. The number of nitrogens with zero attached hydrogens (tertiary/aromatic N) is 2. The number of amides is 1. The Balaban J connectivity index is 1.76. The molecule has 1 aromatic heterocycles. The largest absolute Gasteiger partial charge is 0.497 e. The minimum absolute atomic E-state index is 0.120. The van der Waals surface area contributed by atoms with Gasteiger partial charge in [0.25, 0.3) is 11.8 Å². The highest BCUT2D eigenvalue weighted by molar-refractivity contribution is 5.96. The Morgan fingerprint density at radius 2 is 2.17 bits per heavy atom. The van der Waals surface area contributed by atoms with Crippen LogP contribution in [0, 0.1) is 0 Å². The Morgan fingerprint density at radius 1 is 1.33 bits per heavy atom. The Hall–Kier alpha value is -2.90. The van der Waals surface area contributed by atoms with Gasteiger partial charge in [0, 0.05) is 12.0 Å². The van der Waals surface area contributed by atoms with E-state index >= 15 is 0 Å². The number of aryl methyl sites for hydroxylation is 1. The molecule has 8 nitrogen and oxygen atoms in total. The SMILES string of the molecule is CCCc1noc(COC(=O)CNC(=O)c2cccc(OC)c2)n1. The summed E-state index contributed by atoms with van der Waals surface area (Å²) in [4.78, 5) is 27.7. The van der Waals surface area contributed by atoms with Crippen molar-refractivity contribution in [1.29, 1.82) is 0 Å². The minimum Gasteiger partial charge on any atom is -0.497 e. The van der Waals surface area contributed by atoms with Gasteiger partial charge in [0.1, 0.15) is 12.3 Å². The lowest BCUT2D eigenvalue weighted by Crippen LogP contribution is -2.30. The number of esters is 1. The number of nitrogens with one attached hydrogen (secondary N) is 1. The standard InChI is InChI=1S/C16H19N3O5/c1-3-5-13-18-14(24-19-13)10-23-15(20)9-17-16(21)11-6-4-7-12(8-11)22-2/h4,6-8H,3,5,9-10H2,1-2H3,(H,17,21). The molecule has 0 spiro atoms. The van der Waals surface area contributed by atoms with Crippen LogP contribution in [-0.2, 0) is 22.6 Å². The third-order valence-corrected chi connectivity index (χ3v) is 3.07. The van der Waals surface area contributed by atoms with Crippen LogP contribution >= 0.6 is 0 Å². The highest BCUT2D eigenvalue weighted by Crippen LogP contribution is 2.12. The summed E-state index contributed by atoms with van der Waals surface area (Å²) in [5.74, 6) is 0.376. The molecule has 0 aliphatic heterocycles. The molecule has 0 aliphatic carbocycles. The van der Waals surface area contributed by atoms with Crippen LogP contribution in [0.3, 0.4) is 0 Å². The van der Waals surface area contributed by atoms with Crippen LogP contribution < -0.4 is 10.1 Å². The maximum Gasteiger partial charge on any atom is 0.325 e. The van der Waals surface area contributed by atoms with Crippen molar-refractivity contribution in [2.24, 2.45) is 0 Å². The number of carbonyl (C=O) groups excluding carboxylic acids is 2. The first-order valence-corrected chi connectivity index (χ1v) is 7.51. The molecule has 8 heteroatoms. The maximum atomic E-state index is 12.0. The van der Waals surface area contributed by atoms with Crippen molar-refractivity contribution in [3.8, 4) is 5.75 Å². The zero-order chi connectivity index (χ0) is 17.4. The number of methoxy groups -OCH3 is 1. The minimum atomic E-state index is -0.596. The number of ether oxygens (including phenoxy) is 2. The number of aromatic nitrogens is 2. The fraction of sp³-hybridized carbons (Fsp3) is 0.375. The predicted octanol–water partition coefficient (Wildman–Crippen LogP) is 1.50. The molecule has 24 heavy (non-hydrogen) atoms. The summed E-state index contributed by atoms with van der Waals surface area (Å²) >= 11 is 0. The molecular formula is C16H19N3O5. The molecule has 128 valence electrons. The number of benzene rings is 1. The van der Waals surface area contributed by atoms with Crippen LogP contribution in [0.5, 0.6) is 5.75 Å². The maximum absolute atomic E-state index is 12.0. The number of rotatable bonds is 8. The van der Waals surface area contributed by atoms with Crippen LogP contribution in [0.1, 0.15) is 35.4 Å². The average molecular weight is 333 g/mol. The fourth-order valence-electron chi connectivity index (χ4n) is 1.89. The highest BCUT2D eigenvalue weighted by Gasteiger charge is 2.12. The Morgan fingerprint density at radius 3 is 2.92 bits per heavy atom. The second-order valence-corrected chi connectivity index (χ2v) is 4.93. The van der Waals surface area contributed by atoms with Gasteiger partial charge in [-0.05, 0) is 24.6 Å². The van der Waals surface area contributed by atoms with Crippen LogP contribution in [0.25, 0.3) is 0 Å². The van der Waals surface area contributed by atoms with Gasteiger partial charge in [0.2, 0.25) is 0 Å². The fourth-order valence-corrected chi connectivity index (χ4v) is 1.89. The van der Waals surface area contributed by atoms with E-state index in [1.807, 2.05) is 6.92 Å². The van der Waals surface area contributed by atoms with Crippen LogP contribution in [0.4, 0.5) is 0 Å². The zero-order valence-corrected chi connectivity index (χ0v) is 13.6. The van der Waals surface area contributed by atoms with Gasteiger partial charge in [-0.15, -0.1) is 0 Å². The van der Waals surface area contributed by atoms with Crippen molar-refractivity contribution < 1.29 is 23.6 Å². The van der Waals surface area contributed by atoms with Crippen molar-refractivity contribution in [3.63, 3.8) is 0 Å². The first kappa shape index (κ1) is 17.5. The summed E-state index contributed by atoms with van der Waals surface area (Å²) < 4.78 is 15.0. The summed E-state index contributed by atoms with van der Waals surface area (Å²) in [7, 11) is 1.51. The van der Waals surface area contributed by atoms with E-state index in [1.165, 1.54) is 7.11 Å². The van der Waals surface area contributed by atoms with E-state index in [9.17, 15) is 9.59 Å². The van der Waals surface area contributed by atoms with Crippen molar-refractivity contribution in [2.45, 2.75) is 26.4 Å². The van der Waals surface area contributed by atoms with Crippen molar-refractivity contribution >= 4 is 11.9 Å². The molecule has 2 aromatic rings. The van der Waals surface area contributed by atoms with Crippen LogP contribution in [0.2, 0.25) is 0 Å². The third-order valence-electron chi connectivity index (χ3n) is 3.07. The smallest absolute Gasteiger partial charge is 0.325 e. The molecule has 0 bridgehead atoms. The molecule has 1 heterocycles. The van der Waals surface area contributed by atoms with Gasteiger partial charge < -0.3 is 19.3 Å². The molecule has 0 aliphatic rings. The summed E-state index contributed by atoms with van der Waals surface area (Å²) in [6.07, 6.45) is 1.60. The second kappa shape index (κ2) is 8.66. The highest BCUT2D eigenvalue weighted by atomic mass is 16.6. The van der Waals surface area contributed by atoms with E-state index in [2.05, 4.69) is 15.5 Å². The van der Waals surface area contributed by atoms with Crippen LogP contribution in [-0.4, -0.2) is 35.7 Å². The van der Waals surface area contributed by atoms with Gasteiger partial charge in [0.15, 0.2) is 12.4 Å². The van der Waals surface area contributed by atoms with E-state index in [1.54, 1.807) is 24.3 Å². The van der Waals surface area contributed by atoms with Gasteiger partial charge in [-0.3, -0.25) is 9.59 Å². The molecule has 1 amide bonds. The van der Waals surface area contributed by atoms with Gasteiger partial charge in [-0.1, -0.05) is 18.1 Å². The first-order valence-electron chi connectivity index (χ1n) is 7.51. The number of carbonyl (C=O) groups is 2. The summed E-state index contributed by atoms with van der Waals surface area (Å²) in [5.41, 5.74) is 0.392. The molecule has 0 saturated carbocycles. The van der Waals surface area contributed by atoms with Gasteiger partial charge >= 0.3 is 5.97 Å². The number of hydrogen-bond donors (Lipinski definition) is 1. The summed E-state index contributed by atoms with van der Waals surface area (Å²) in [6.45, 7) is 1.62. The van der Waals surface area contributed by atoms with Crippen LogP contribution in [0.15, 0.2) is 28.8 Å². The number of hydrogen-bond acceptors (Lipinski definition) is 7. The lowest BCUT2D eigenvalue weighted by Gasteiger charge is -2.06. The zero-order valence-electron chi connectivity index (χ0n) is 13.6. The molecule has 0 saturated heterocycles. The van der Waals surface area contributed by atoms with E-state index in [-0.39, 0.29) is 19.0 Å². The van der Waals surface area contributed by atoms with Crippen molar-refractivity contribution in [3.05, 3.63) is 41.5 Å². The quantitative estimate of drug-likeness (QED) is 0.730. The Labute approximate surface area is 139 Å². The van der Waals surface area contributed by atoms with Gasteiger partial charge in [-0.2, -0.15) is 4.98 Å². The van der Waals surface area contributed by atoms with E-state index in [4.69, 9.17) is 14.0 Å². The van der Waals surface area contributed by atoms with Crippen molar-refractivity contribution in [1.82, 2.24) is 15.5 Å². The molecule has 0 fully saturated rings. The summed E-state index contributed by atoms with van der Waals surface area (Å²) in [5, 5.41) is 6.23. The van der Waals surface area contributed by atoms with Gasteiger partial charge in [0.05, 0.1) is 7.11 Å². The lowest BCUT2D eigenvalue weighted by atomic mass is 10.2. The molecule has 1 N–H and O–H groups in total.